The molecule has 106 valence electrons. The van der Waals surface area contributed by atoms with Crippen molar-refractivity contribution < 1.29 is 5.11 Å². The summed E-state index contributed by atoms with van der Waals surface area (Å²) in [6.07, 6.45) is 4.35. The number of halogens is 1. The van der Waals surface area contributed by atoms with Gasteiger partial charge in [-0.1, -0.05) is 30.7 Å². The number of hydrogen-bond acceptors (Lipinski definition) is 2. The molecule has 0 radical (unpaired) electrons. The molecule has 3 heteroatoms. The molecule has 2 unspecified atom stereocenters. The van der Waals surface area contributed by atoms with Gasteiger partial charge in [0.1, 0.15) is 0 Å². The van der Waals surface area contributed by atoms with Gasteiger partial charge in [-0.3, -0.25) is 0 Å². The standard InChI is InChI=1S/C16H24ClNO/c1-13-3-2-10-18(11-8-13)12-9-16(19)14-4-6-15(17)7-5-14/h4-7,13,16,19H,2-3,8-12H2,1H3. The molecule has 1 aliphatic heterocycles. The largest absolute Gasteiger partial charge is 0.388 e. The molecule has 1 N–H and O–H groups in total. The Kier molecular flexibility index (Phi) is 5.68. The van der Waals surface area contributed by atoms with Crippen LogP contribution in [0, 0.1) is 5.92 Å². The lowest BCUT2D eigenvalue weighted by molar-refractivity contribution is 0.142. The first kappa shape index (κ1) is 14.8. The van der Waals surface area contributed by atoms with Gasteiger partial charge in [0.15, 0.2) is 0 Å². The van der Waals surface area contributed by atoms with E-state index < -0.39 is 0 Å². The number of likely N-dealkylation sites (tertiary alicyclic amines) is 1. The lowest BCUT2D eigenvalue weighted by Crippen LogP contribution is -2.27. The van der Waals surface area contributed by atoms with Gasteiger partial charge in [-0.2, -0.15) is 0 Å². The van der Waals surface area contributed by atoms with Crippen molar-refractivity contribution in [2.45, 2.75) is 38.7 Å². The highest BCUT2D eigenvalue weighted by atomic mass is 35.5. The first-order chi connectivity index (χ1) is 9.15. The molecule has 0 saturated carbocycles. The van der Waals surface area contributed by atoms with Crippen molar-refractivity contribution >= 4 is 11.6 Å². The van der Waals surface area contributed by atoms with Crippen molar-refractivity contribution in [3.8, 4) is 0 Å². The van der Waals surface area contributed by atoms with E-state index in [0.717, 1.165) is 29.5 Å². The average molecular weight is 282 g/mol. The minimum atomic E-state index is -0.377. The van der Waals surface area contributed by atoms with Crippen LogP contribution >= 0.6 is 11.6 Å². The Hall–Kier alpha value is -0.570. The smallest absolute Gasteiger partial charge is 0.0802 e. The van der Waals surface area contributed by atoms with Gasteiger partial charge in [-0.15, -0.1) is 0 Å². The Morgan fingerprint density at radius 2 is 2.00 bits per heavy atom. The average Bonchev–Trinajstić information content (AvgIpc) is 2.61. The Balaban J connectivity index is 1.79. The summed E-state index contributed by atoms with van der Waals surface area (Å²) >= 11 is 5.86. The predicted molar refractivity (Wildman–Crippen MR) is 80.5 cm³/mol. The van der Waals surface area contributed by atoms with Crippen LogP contribution in [0.15, 0.2) is 24.3 Å². The van der Waals surface area contributed by atoms with Crippen LogP contribution in [0.25, 0.3) is 0 Å². The van der Waals surface area contributed by atoms with E-state index in [0.29, 0.717) is 0 Å². The fraction of sp³-hybridized carbons (Fsp3) is 0.625. The third kappa shape index (κ3) is 4.79. The highest BCUT2D eigenvalue weighted by Crippen LogP contribution is 2.21. The number of hydrogen-bond donors (Lipinski definition) is 1. The lowest BCUT2D eigenvalue weighted by atomic mass is 10.0. The second-order valence-electron chi connectivity index (χ2n) is 5.73. The van der Waals surface area contributed by atoms with Crippen molar-refractivity contribution in [2.24, 2.45) is 5.92 Å². The number of aliphatic hydroxyl groups excluding tert-OH is 1. The molecule has 1 saturated heterocycles. The summed E-state index contributed by atoms with van der Waals surface area (Å²) in [5.41, 5.74) is 0.965. The van der Waals surface area contributed by atoms with Crippen LogP contribution in [0.1, 0.15) is 44.3 Å². The molecule has 1 aromatic rings. The first-order valence-corrected chi connectivity index (χ1v) is 7.69. The van der Waals surface area contributed by atoms with Gasteiger partial charge in [0.2, 0.25) is 0 Å². The fourth-order valence-corrected chi connectivity index (χ4v) is 2.83. The maximum absolute atomic E-state index is 10.2. The topological polar surface area (TPSA) is 23.5 Å². The molecule has 1 fully saturated rings. The summed E-state index contributed by atoms with van der Waals surface area (Å²) in [5.74, 6) is 0.853. The number of aliphatic hydroxyl groups is 1. The van der Waals surface area contributed by atoms with Crippen molar-refractivity contribution in [2.75, 3.05) is 19.6 Å². The third-order valence-electron chi connectivity index (χ3n) is 4.08. The highest BCUT2D eigenvalue weighted by Gasteiger charge is 2.15. The van der Waals surface area contributed by atoms with Crippen LogP contribution < -0.4 is 0 Å². The summed E-state index contributed by atoms with van der Waals surface area (Å²) in [6, 6.07) is 7.51. The molecule has 2 atom stereocenters. The van der Waals surface area contributed by atoms with Crippen LogP contribution in [0.5, 0.6) is 0 Å². The van der Waals surface area contributed by atoms with Crippen LogP contribution in [0.3, 0.4) is 0 Å². The Morgan fingerprint density at radius 1 is 1.26 bits per heavy atom. The van der Waals surface area contributed by atoms with Gasteiger partial charge in [-0.25, -0.2) is 0 Å². The van der Waals surface area contributed by atoms with Crippen molar-refractivity contribution in [3.63, 3.8) is 0 Å². The molecule has 1 aromatic carbocycles. The first-order valence-electron chi connectivity index (χ1n) is 7.31. The number of nitrogens with zero attached hydrogens (tertiary/aromatic N) is 1. The SMILES string of the molecule is CC1CCCN(CCC(O)c2ccc(Cl)cc2)CC1. The summed E-state index contributed by atoms with van der Waals surface area (Å²) in [5, 5.41) is 10.9. The molecule has 0 amide bonds. The van der Waals surface area contributed by atoms with E-state index >= 15 is 0 Å². The molecule has 2 nitrogen and oxygen atoms in total. The van der Waals surface area contributed by atoms with E-state index in [4.69, 9.17) is 11.6 Å². The zero-order valence-corrected chi connectivity index (χ0v) is 12.4. The zero-order chi connectivity index (χ0) is 13.7. The summed E-state index contributed by atoms with van der Waals surface area (Å²) in [4.78, 5) is 2.49. The Morgan fingerprint density at radius 3 is 2.74 bits per heavy atom. The maximum atomic E-state index is 10.2. The van der Waals surface area contributed by atoms with E-state index in [-0.39, 0.29) is 6.10 Å². The third-order valence-corrected chi connectivity index (χ3v) is 4.33. The van der Waals surface area contributed by atoms with Gasteiger partial charge in [-0.05, 0) is 62.4 Å². The lowest BCUT2D eigenvalue weighted by Gasteiger charge is -2.21. The normalized spacial score (nSPS) is 23.0. The molecule has 0 spiro atoms. The highest BCUT2D eigenvalue weighted by molar-refractivity contribution is 6.30. The molecule has 1 aliphatic rings. The summed E-state index contributed by atoms with van der Waals surface area (Å²) in [7, 11) is 0. The van der Waals surface area contributed by atoms with Crippen LogP contribution in [0.2, 0.25) is 5.02 Å². The summed E-state index contributed by atoms with van der Waals surface area (Å²) < 4.78 is 0. The Labute approximate surface area is 121 Å². The maximum Gasteiger partial charge on any atom is 0.0802 e. The molecule has 19 heavy (non-hydrogen) atoms. The van der Waals surface area contributed by atoms with E-state index in [2.05, 4.69) is 11.8 Å². The zero-order valence-electron chi connectivity index (χ0n) is 11.7. The van der Waals surface area contributed by atoms with E-state index in [1.807, 2.05) is 24.3 Å². The minimum absolute atomic E-state index is 0.377. The van der Waals surface area contributed by atoms with Gasteiger partial charge in [0.05, 0.1) is 6.10 Å². The molecule has 0 aromatic heterocycles. The molecule has 0 aliphatic carbocycles. The molecular weight excluding hydrogens is 258 g/mol. The van der Waals surface area contributed by atoms with Gasteiger partial charge in [0.25, 0.3) is 0 Å². The van der Waals surface area contributed by atoms with Crippen LogP contribution in [-0.2, 0) is 0 Å². The van der Waals surface area contributed by atoms with E-state index in [9.17, 15) is 5.11 Å². The quantitative estimate of drug-likeness (QED) is 0.905. The number of rotatable bonds is 4. The molecule has 0 bridgehead atoms. The van der Waals surface area contributed by atoms with E-state index in [1.54, 1.807) is 0 Å². The molecule has 2 rings (SSSR count). The van der Waals surface area contributed by atoms with Crippen LogP contribution in [-0.4, -0.2) is 29.6 Å². The predicted octanol–water partition coefficient (Wildman–Crippen LogP) is 3.89. The molecule has 1 heterocycles. The van der Waals surface area contributed by atoms with Gasteiger partial charge >= 0.3 is 0 Å². The van der Waals surface area contributed by atoms with Crippen molar-refractivity contribution in [3.05, 3.63) is 34.9 Å². The Bertz CT molecular complexity index is 379. The summed E-state index contributed by atoms with van der Waals surface area (Å²) in [6.45, 7) is 5.68. The van der Waals surface area contributed by atoms with Gasteiger partial charge in [0, 0.05) is 11.6 Å². The second kappa shape index (κ2) is 7.28. The minimum Gasteiger partial charge on any atom is -0.388 e. The second-order valence-corrected chi connectivity index (χ2v) is 6.17. The van der Waals surface area contributed by atoms with Crippen molar-refractivity contribution in [1.82, 2.24) is 4.90 Å². The van der Waals surface area contributed by atoms with Crippen molar-refractivity contribution in [1.29, 1.82) is 0 Å². The number of benzene rings is 1. The van der Waals surface area contributed by atoms with E-state index in [1.165, 1.54) is 32.4 Å². The monoisotopic (exact) mass is 281 g/mol. The van der Waals surface area contributed by atoms with Crippen LogP contribution in [0.4, 0.5) is 0 Å². The fourth-order valence-electron chi connectivity index (χ4n) is 2.70. The molecular formula is C16H24ClNO. The van der Waals surface area contributed by atoms with Gasteiger partial charge < -0.3 is 10.0 Å².